The van der Waals surface area contributed by atoms with E-state index in [9.17, 15) is 9.18 Å². The normalized spacial score (nSPS) is 12.9. The molecule has 0 amide bonds. The summed E-state index contributed by atoms with van der Waals surface area (Å²) >= 11 is 5.14. The SMILES string of the molecule is CCOC(=O)C(C)(C)C(F)=CCl. The molecule has 0 radical (unpaired) electrons. The molecule has 4 heteroatoms. The highest BCUT2D eigenvalue weighted by Gasteiger charge is 2.34. The van der Waals surface area contributed by atoms with Crippen LogP contribution in [0.5, 0.6) is 0 Å². The molecule has 70 valence electrons. The topological polar surface area (TPSA) is 26.3 Å². The molecular formula is C8H12ClFO2. The van der Waals surface area contributed by atoms with Gasteiger partial charge in [-0.1, -0.05) is 11.6 Å². The number of hydrogen-bond donors (Lipinski definition) is 0. The third-order valence-electron chi connectivity index (χ3n) is 1.48. The molecule has 2 nitrogen and oxygen atoms in total. The van der Waals surface area contributed by atoms with Crippen molar-refractivity contribution in [1.82, 2.24) is 0 Å². The van der Waals surface area contributed by atoms with Crippen LogP contribution in [0.15, 0.2) is 11.4 Å². The first-order chi connectivity index (χ1) is 5.46. The summed E-state index contributed by atoms with van der Waals surface area (Å²) in [5.74, 6) is -1.30. The minimum Gasteiger partial charge on any atom is -0.465 e. The molecule has 0 spiro atoms. The van der Waals surface area contributed by atoms with Crippen LogP contribution < -0.4 is 0 Å². The lowest BCUT2D eigenvalue weighted by molar-refractivity contribution is -0.152. The van der Waals surface area contributed by atoms with Crippen molar-refractivity contribution in [3.63, 3.8) is 0 Å². The van der Waals surface area contributed by atoms with E-state index in [0.29, 0.717) is 0 Å². The van der Waals surface area contributed by atoms with Gasteiger partial charge in [0.1, 0.15) is 11.2 Å². The van der Waals surface area contributed by atoms with Gasteiger partial charge in [0, 0.05) is 5.54 Å². The van der Waals surface area contributed by atoms with Crippen molar-refractivity contribution in [2.75, 3.05) is 6.61 Å². The van der Waals surface area contributed by atoms with Gasteiger partial charge in [0.15, 0.2) is 0 Å². The molecular weight excluding hydrogens is 183 g/mol. The van der Waals surface area contributed by atoms with E-state index in [1.165, 1.54) is 13.8 Å². The van der Waals surface area contributed by atoms with Crippen LogP contribution in [0, 0.1) is 5.41 Å². The Morgan fingerprint density at radius 3 is 2.50 bits per heavy atom. The quantitative estimate of drug-likeness (QED) is 0.646. The fraction of sp³-hybridized carbons (Fsp3) is 0.625. The van der Waals surface area contributed by atoms with Crippen molar-refractivity contribution in [2.45, 2.75) is 20.8 Å². The number of esters is 1. The summed E-state index contributed by atoms with van der Waals surface area (Å²) in [6.45, 7) is 4.73. The monoisotopic (exact) mass is 194 g/mol. The maximum atomic E-state index is 12.9. The molecule has 0 heterocycles. The van der Waals surface area contributed by atoms with Crippen molar-refractivity contribution >= 4 is 17.6 Å². The molecule has 0 bridgehead atoms. The standard InChI is InChI=1S/C8H12ClFO2/c1-4-12-7(11)8(2,3)6(10)5-9/h5H,4H2,1-3H3. The van der Waals surface area contributed by atoms with Gasteiger partial charge in [-0.25, -0.2) is 4.39 Å². The molecule has 0 atom stereocenters. The molecule has 0 aliphatic carbocycles. The van der Waals surface area contributed by atoms with Gasteiger partial charge in [-0.2, -0.15) is 0 Å². The third kappa shape index (κ3) is 2.48. The number of halogens is 2. The number of rotatable bonds is 3. The van der Waals surface area contributed by atoms with Crippen molar-refractivity contribution in [3.8, 4) is 0 Å². The zero-order valence-corrected chi connectivity index (χ0v) is 8.11. The van der Waals surface area contributed by atoms with E-state index in [4.69, 9.17) is 11.6 Å². The Hall–Kier alpha value is -0.570. The molecule has 0 fully saturated rings. The lowest BCUT2D eigenvalue weighted by Gasteiger charge is -2.19. The minimum absolute atomic E-state index is 0.234. The van der Waals surface area contributed by atoms with Crippen LogP contribution in [0.2, 0.25) is 0 Å². The van der Waals surface area contributed by atoms with E-state index in [1.54, 1.807) is 6.92 Å². The van der Waals surface area contributed by atoms with E-state index in [0.717, 1.165) is 5.54 Å². The number of carbonyl (C=O) groups is 1. The molecule has 0 N–H and O–H groups in total. The molecule has 0 saturated carbocycles. The lowest BCUT2D eigenvalue weighted by Crippen LogP contribution is -2.27. The summed E-state index contributed by atoms with van der Waals surface area (Å²) in [5.41, 5.74) is -0.533. The molecule has 0 aliphatic rings. The van der Waals surface area contributed by atoms with Crippen LogP contribution in [0.1, 0.15) is 20.8 Å². The Bertz CT molecular complexity index is 199. The van der Waals surface area contributed by atoms with Crippen LogP contribution in [-0.2, 0) is 9.53 Å². The van der Waals surface area contributed by atoms with Gasteiger partial charge in [-0.3, -0.25) is 4.79 Å². The van der Waals surface area contributed by atoms with Crippen LogP contribution in [0.3, 0.4) is 0 Å². The maximum absolute atomic E-state index is 12.9. The summed E-state index contributed by atoms with van der Waals surface area (Å²) in [6, 6.07) is 0. The smallest absolute Gasteiger partial charge is 0.318 e. The van der Waals surface area contributed by atoms with Gasteiger partial charge < -0.3 is 4.74 Å². The summed E-state index contributed by atoms with van der Waals surface area (Å²) in [7, 11) is 0. The Morgan fingerprint density at radius 1 is 1.67 bits per heavy atom. The maximum Gasteiger partial charge on any atom is 0.318 e. The first kappa shape index (κ1) is 11.4. The van der Waals surface area contributed by atoms with E-state index in [-0.39, 0.29) is 6.61 Å². The molecule has 0 aromatic rings. The van der Waals surface area contributed by atoms with Gasteiger partial charge in [-0.05, 0) is 20.8 Å². The number of ether oxygens (including phenoxy) is 1. The second-order valence-electron chi connectivity index (χ2n) is 2.80. The van der Waals surface area contributed by atoms with Crippen molar-refractivity contribution in [1.29, 1.82) is 0 Å². The molecule has 0 aromatic heterocycles. The first-order valence-corrected chi connectivity index (χ1v) is 4.04. The van der Waals surface area contributed by atoms with Crippen molar-refractivity contribution in [2.24, 2.45) is 5.41 Å². The Balaban J connectivity index is 4.49. The van der Waals surface area contributed by atoms with Crippen LogP contribution in [0.4, 0.5) is 4.39 Å². The summed E-state index contributed by atoms with van der Waals surface area (Å²) < 4.78 is 17.6. The second-order valence-corrected chi connectivity index (χ2v) is 3.02. The largest absolute Gasteiger partial charge is 0.465 e. The number of hydrogen-bond acceptors (Lipinski definition) is 2. The predicted molar refractivity (Wildman–Crippen MR) is 45.5 cm³/mol. The minimum atomic E-state index is -1.28. The highest BCUT2D eigenvalue weighted by atomic mass is 35.5. The van der Waals surface area contributed by atoms with Crippen LogP contribution >= 0.6 is 11.6 Å². The highest BCUT2D eigenvalue weighted by molar-refractivity contribution is 6.25. The fourth-order valence-electron chi connectivity index (χ4n) is 0.545. The average molecular weight is 195 g/mol. The second kappa shape index (κ2) is 4.45. The Labute approximate surface area is 76.3 Å². The van der Waals surface area contributed by atoms with Gasteiger partial charge in [0.2, 0.25) is 0 Å². The van der Waals surface area contributed by atoms with Crippen LogP contribution in [-0.4, -0.2) is 12.6 Å². The lowest BCUT2D eigenvalue weighted by atomic mass is 9.93. The summed E-state index contributed by atoms with van der Waals surface area (Å²) in [5, 5.41) is 0. The zero-order chi connectivity index (χ0) is 9.78. The van der Waals surface area contributed by atoms with E-state index in [1.807, 2.05) is 0 Å². The predicted octanol–water partition coefficient (Wildman–Crippen LogP) is 2.63. The van der Waals surface area contributed by atoms with Crippen molar-refractivity contribution in [3.05, 3.63) is 11.4 Å². The van der Waals surface area contributed by atoms with Gasteiger partial charge in [0.05, 0.1) is 6.61 Å². The summed E-state index contributed by atoms with van der Waals surface area (Å²) in [4.78, 5) is 11.1. The molecule has 0 aliphatic heterocycles. The van der Waals surface area contributed by atoms with Crippen LogP contribution in [0.25, 0.3) is 0 Å². The van der Waals surface area contributed by atoms with Gasteiger partial charge in [0.25, 0.3) is 0 Å². The Kier molecular flexibility index (Phi) is 4.24. The van der Waals surface area contributed by atoms with E-state index >= 15 is 0 Å². The first-order valence-electron chi connectivity index (χ1n) is 3.60. The Morgan fingerprint density at radius 2 is 2.17 bits per heavy atom. The van der Waals surface area contributed by atoms with Crippen molar-refractivity contribution < 1.29 is 13.9 Å². The fourth-order valence-corrected chi connectivity index (χ4v) is 0.818. The van der Waals surface area contributed by atoms with E-state index < -0.39 is 17.2 Å². The average Bonchev–Trinajstić information content (AvgIpc) is 2.03. The summed E-state index contributed by atoms with van der Waals surface area (Å²) in [6.07, 6.45) is 0. The zero-order valence-electron chi connectivity index (χ0n) is 7.36. The molecule has 0 unspecified atom stereocenters. The third-order valence-corrected chi connectivity index (χ3v) is 1.67. The van der Waals surface area contributed by atoms with Gasteiger partial charge in [-0.15, -0.1) is 0 Å². The molecule has 0 saturated heterocycles. The molecule has 0 rings (SSSR count). The van der Waals surface area contributed by atoms with E-state index in [2.05, 4.69) is 4.74 Å². The molecule has 0 aromatic carbocycles. The number of carbonyl (C=O) groups excluding carboxylic acids is 1. The highest BCUT2D eigenvalue weighted by Crippen LogP contribution is 2.29. The van der Waals surface area contributed by atoms with Gasteiger partial charge >= 0.3 is 5.97 Å². The molecule has 12 heavy (non-hydrogen) atoms.